The molecule has 1 N–H and O–H groups in total. The van der Waals surface area contributed by atoms with Crippen LogP contribution in [0, 0.1) is 0 Å². The standard InChI is InChI=1S/C19H21ClF2N2O2S2/c20-15-3-7-18(8-4-15)28(25,26)23-16-9-11-24(12-10-16)13-14-1-5-17(6-2-14)27-19(21)22/h1-8,16,19,23H,9-13H2. The zero-order chi connectivity index (χ0) is 20.1. The quantitative estimate of drug-likeness (QED) is 0.631. The monoisotopic (exact) mass is 446 g/mol. The second-order valence-corrected chi connectivity index (χ2v) is 9.86. The van der Waals surface area contributed by atoms with Gasteiger partial charge in [0.25, 0.3) is 5.76 Å². The third-order valence-corrected chi connectivity index (χ3v) is 7.10. The Labute approximate surface area is 173 Å². The van der Waals surface area contributed by atoms with Gasteiger partial charge in [0.1, 0.15) is 0 Å². The molecular weight excluding hydrogens is 426 g/mol. The van der Waals surface area contributed by atoms with Crippen molar-refractivity contribution in [2.75, 3.05) is 13.1 Å². The van der Waals surface area contributed by atoms with Gasteiger partial charge in [-0.05, 0) is 54.8 Å². The summed E-state index contributed by atoms with van der Waals surface area (Å²) < 4.78 is 52.5. The number of likely N-dealkylation sites (tertiary alicyclic amines) is 1. The Bertz CT molecular complexity index is 870. The van der Waals surface area contributed by atoms with Crippen LogP contribution in [-0.4, -0.2) is 38.2 Å². The van der Waals surface area contributed by atoms with Crippen LogP contribution in [0.4, 0.5) is 8.78 Å². The van der Waals surface area contributed by atoms with E-state index in [0.29, 0.717) is 34.5 Å². The van der Waals surface area contributed by atoms with Crippen LogP contribution in [0.5, 0.6) is 0 Å². The van der Waals surface area contributed by atoms with Gasteiger partial charge in [0, 0.05) is 35.6 Å². The lowest BCUT2D eigenvalue weighted by Gasteiger charge is -2.32. The van der Waals surface area contributed by atoms with Crippen LogP contribution in [0.15, 0.2) is 58.3 Å². The second-order valence-electron chi connectivity index (χ2n) is 6.65. The van der Waals surface area contributed by atoms with Crippen LogP contribution in [0.1, 0.15) is 18.4 Å². The molecule has 0 radical (unpaired) electrons. The molecule has 0 amide bonds. The molecule has 1 fully saturated rings. The fraction of sp³-hybridized carbons (Fsp3) is 0.368. The van der Waals surface area contributed by atoms with E-state index in [1.165, 1.54) is 12.1 Å². The van der Waals surface area contributed by atoms with Crippen LogP contribution < -0.4 is 4.72 Å². The minimum Gasteiger partial charge on any atom is -0.299 e. The van der Waals surface area contributed by atoms with Gasteiger partial charge in [0.05, 0.1) is 4.90 Å². The molecule has 9 heteroatoms. The van der Waals surface area contributed by atoms with E-state index in [9.17, 15) is 17.2 Å². The van der Waals surface area contributed by atoms with Gasteiger partial charge in [-0.1, -0.05) is 35.5 Å². The zero-order valence-electron chi connectivity index (χ0n) is 15.0. The van der Waals surface area contributed by atoms with E-state index in [-0.39, 0.29) is 10.9 Å². The van der Waals surface area contributed by atoms with Crippen LogP contribution in [0.3, 0.4) is 0 Å². The molecule has 1 heterocycles. The first-order valence-electron chi connectivity index (χ1n) is 8.86. The third kappa shape index (κ3) is 6.15. The molecule has 2 aromatic carbocycles. The van der Waals surface area contributed by atoms with Gasteiger partial charge < -0.3 is 0 Å². The number of benzene rings is 2. The molecule has 152 valence electrons. The molecule has 1 aliphatic heterocycles. The van der Waals surface area contributed by atoms with E-state index in [0.717, 1.165) is 25.2 Å². The third-order valence-electron chi connectivity index (χ3n) is 4.59. The van der Waals surface area contributed by atoms with E-state index >= 15 is 0 Å². The minimum atomic E-state index is -3.56. The molecule has 4 nitrogen and oxygen atoms in total. The molecule has 0 unspecified atom stereocenters. The van der Waals surface area contributed by atoms with Crippen molar-refractivity contribution in [1.29, 1.82) is 0 Å². The first-order valence-corrected chi connectivity index (χ1v) is 11.6. The predicted octanol–water partition coefficient (Wildman–Crippen LogP) is 4.60. The number of alkyl halides is 2. The number of hydrogen-bond donors (Lipinski definition) is 1. The van der Waals surface area contributed by atoms with Crippen molar-refractivity contribution in [1.82, 2.24) is 9.62 Å². The van der Waals surface area contributed by atoms with Crippen molar-refractivity contribution in [2.45, 2.75) is 41.0 Å². The van der Waals surface area contributed by atoms with E-state index < -0.39 is 15.8 Å². The van der Waals surface area contributed by atoms with E-state index in [2.05, 4.69) is 9.62 Å². The lowest BCUT2D eigenvalue weighted by Crippen LogP contribution is -2.44. The minimum absolute atomic E-state index is 0.109. The van der Waals surface area contributed by atoms with Gasteiger partial charge in [0.15, 0.2) is 0 Å². The van der Waals surface area contributed by atoms with Gasteiger partial charge in [0.2, 0.25) is 10.0 Å². The Balaban J connectivity index is 1.49. The number of halogens is 3. The normalized spacial score (nSPS) is 16.6. The molecule has 3 rings (SSSR count). The summed E-state index contributed by atoms with van der Waals surface area (Å²) in [5, 5.41) is 0.494. The van der Waals surface area contributed by atoms with Gasteiger partial charge in [-0.2, -0.15) is 8.78 Å². The van der Waals surface area contributed by atoms with E-state index in [1.807, 2.05) is 12.1 Å². The summed E-state index contributed by atoms with van der Waals surface area (Å²) in [4.78, 5) is 3.00. The Morgan fingerprint density at radius 3 is 2.25 bits per heavy atom. The maximum Gasteiger partial charge on any atom is 0.288 e. The molecule has 0 bridgehead atoms. The topological polar surface area (TPSA) is 49.4 Å². The Kier molecular flexibility index (Phi) is 7.33. The first kappa shape index (κ1) is 21.5. The van der Waals surface area contributed by atoms with Gasteiger partial charge in [-0.25, -0.2) is 13.1 Å². The summed E-state index contributed by atoms with van der Waals surface area (Å²) in [6, 6.07) is 13.1. The van der Waals surface area contributed by atoms with Crippen molar-refractivity contribution in [3.05, 3.63) is 59.1 Å². The Morgan fingerprint density at radius 2 is 1.68 bits per heavy atom. The molecule has 0 saturated carbocycles. The Hall–Kier alpha value is -1.19. The lowest BCUT2D eigenvalue weighted by molar-refractivity contribution is 0.200. The molecule has 0 spiro atoms. The van der Waals surface area contributed by atoms with Gasteiger partial charge in [-0.3, -0.25) is 4.90 Å². The van der Waals surface area contributed by atoms with E-state index in [4.69, 9.17) is 11.6 Å². The summed E-state index contributed by atoms with van der Waals surface area (Å²) in [5.41, 5.74) is 1.05. The molecule has 28 heavy (non-hydrogen) atoms. The van der Waals surface area contributed by atoms with Gasteiger partial charge in [-0.15, -0.1) is 0 Å². The van der Waals surface area contributed by atoms with Crippen LogP contribution >= 0.6 is 23.4 Å². The summed E-state index contributed by atoms with van der Waals surface area (Å²) in [6.07, 6.45) is 1.43. The molecule has 1 saturated heterocycles. The SMILES string of the molecule is O=S(=O)(NC1CCN(Cc2ccc(SC(F)F)cc2)CC1)c1ccc(Cl)cc1. The van der Waals surface area contributed by atoms with Crippen molar-refractivity contribution in [3.63, 3.8) is 0 Å². The van der Waals surface area contributed by atoms with Gasteiger partial charge >= 0.3 is 0 Å². The summed E-state index contributed by atoms with van der Waals surface area (Å²) in [6.45, 7) is 2.25. The van der Waals surface area contributed by atoms with Crippen LogP contribution in [0.25, 0.3) is 0 Å². The second kappa shape index (κ2) is 9.54. The fourth-order valence-electron chi connectivity index (χ4n) is 3.14. The zero-order valence-corrected chi connectivity index (χ0v) is 17.4. The molecule has 0 aliphatic carbocycles. The smallest absolute Gasteiger partial charge is 0.288 e. The van der Waals surface area contributed by atoms with Crippen LogP contribution in [-0.2, 0) is 16.6 Å². The lowest BCUT2D eigenvalue weighted by atomic mass is 10.1. The maximum atomic E-state index is 12.5. The number of thioether (sulfide) groups is 1. The van der Waals surface area contributed by atoms with E-state index in [1.54, 1.807) is 24.3 Å². The predicted molar refractivity (Wildman–Crippen MR) is 108 cm³/mol. The number of hydrogen-bond acceptors (Lipinski definition) is 4. The largest absolute Gasteiger partial charge is 0.299 e. The highest BCUT2D eigenvalue weighted by atomic mass is 35.5. The molecule has 2 aromatic rings. The highest BCUT2D eigenvalue weighted by Crippen LogP contribution is 2.25. The number of sulfonamides is 1. The first-order chi connectivity index (χ1) is 13.3. The molecule has 1 aliphatic rings. The van der Waals surface area contributed by atoms with Crippen molar-refractivity contribution in [2.24, 2.45) is 0 Å². The highest BCUT2D eigenvalue weighted by molar-refractivity contribution is 7.99. The number of nitrogens with one attached hydrogen (secondary N) is 1. The van der Waals surface area contributed by atoms with Crippen molar-refractivity contribution < 1.29 is 17.2 Å². The maximum absolute atomic E-state index is 12.5. The number of rotatable bonds is 7. The number of piperidine rings is 1. The highest BCUT2D eigenvalue weighted by Gasteiger charge is 2.24. The fourth-order valence-corrected chi connectivity index (χ4v) is 5.07. The van der Waals surface area contributed by atoms with Crippen LogP contribution in [0.2, 0.25) is 5.02 Å². The average molecular weight is 447 g/mol. The molecular formula is C19H21ClF2N2O2S2. The molecule has 0 aromatic heterocycles. The average Bonchev–Trinajstić information content (AvgIpc) is 2.65. The number of nitrogens with zero attached hydrogens (tertiary/aromatic N) is 1. The summed E-state index contributed by atoms with van der Waals surface area (Å²) >= 11 is 6.35. The van der Waals surface area contributed by atoms with Crippen molar-refractivity contribution >= 4 is 33.4 Å². The summed E-state index contributed by atoms with van der Waals surface area (Å²) in [7, 11) is -3.56. The molecule has 0 atom stereocenters. The van der Waals surface area contributed by atoms with Crippen molar-refractivity contribution in [3.8, 4) is 0 Å². The summed E-state index contributed by atoms with van der Waals surface area (Å²) in [5.74, 6) is -2.42. The Morgan fingerprint density at radius 1 is 1.07 bits per heavy atom.